The zero-order chi connectivity index (χ0) is 9.84. The Bertz CT molecular complexity index is 312. The number of benzene rings is 1. The first kappa shape index (κ1) is 9.54. The fraction of sp³-hybridized carbons (Fsp3) is 0.222. The van der Waals surface area contributed by atoms with Gasteiger partial charge < -0.3 is 16.6 Å². The summed E-state index contributed by atoms with van der Waals surface area (Å²) in [4.78, 5) is 10.4. The van der Waals surface area contributed by atoms with Crippen molar-refractivity contribution in [3.8, 4) is 0 Å². The van der Waals surface area contributed by atoms with Gasteiger partial charge in [-0.3, -0.25) is 4.79 Å². The normalized spacial score (nSPS) is 12.4. The third kappa shape index (κ3) is 2.76. The molecule has 4 heteroatoms. The highest BCUT2D eigenvalue weighted by Crippen LogP contribution is 2.08. The van der Waals surface area contributed by atoms with Crippen molar-refractivity contribution in [3.63, 3.8) is 0 Å². The lowest BCUT2D eigenvalue weighted by atomic mass is 10.1. The zero-order valence-corrected chi connectivity index (χ0v) is 7.10. The van der Waals surface area contributed by atoms with E-state index in [1.807, 2.05) is 0 Å². The molecule has 0 saturated heterocycles. The zero-order valence-electron chi connectivity index (χ0n) is 7.10. The Morgan fingerprint density at radius 2 is 2.23 bits per heavy atom. The molecule has 0 unspecified atom stereocenters. The fourth-order valence-electron chi connectivity index (χ4n) is 1.06. The van der Waals surface area contributed by atoms with E-state index in [0.29, 0.717) is 12.1 Å². The molecule has 5 N–H and O–H groups in total. The minimum atomic E-state index is -0.998. The Labute approximate surface area is 76.2 Å². The van der Waals surface area contributed by atoms with Crippen molar-refractivity contribution in [2.45, 2.75) is 12.5 Å². The summed E-state index contributed by atoms with van der Waals surface area (Å²) in [5, 5.41) is 8.56. The lowest BCUT2D eigenvalue weighted by Gasteiger charge is -2.06. The number of rotatable bonds is 3. The summed E-state index contributed by atoms with van der Waals surface area (Å²) in [5.41, 5.74) is 12.3. The molecule has 0 aromatic heterocycles. The lowest BCUT2D eigenvalue weighted by Crippen LogP contribution is -2.32. The van der Waals surface area contributed by atoms with E-state index in [-0.39, 0.29) is 0 Å². The van der Waals surface area contributed by atoms with Crippen LogP contribution in [0.1, 0.15) is 5.56 Å². The van der Waals surface area contributed by atoms with Gasteiger partial charge >= 0.3 is 5.97 Å². The van der Waals surface area contributed by atoms with Crippen LogP contribution in [0.3, 0.4) is 0 Å². The van der Waals surface area contributed by atoms with E-state index >= 15 is 0 Å². The first-order valence-electron chi connectivity index (χ1n) is 3.92. The van der Waals surface area contributed by atoms with Crippen LogP contribution >= 0.6 is 0 Å². The first-order chi connectivity index (χ1) is 6.09. The number of carbonyl (C=O) groups is 1. The van der Waals surface area contributed by atoms with E-state index in [2.05, 4.69) is 0 Å². The molecular weight excluding hydrogens is 168 g/mol. The maximum atomic E-state index is 10.4. The summed E-state index contributed by atoms with van der Waals surface area (Å²) in [7, 11) is 0. The van der Waals surface area contributed by atoms with E-state index in [9.17, 15) is 4.79 Å². The van der Waals surface area contributed by atoms with Crippen molar-refractivity contribution < 1.29 is 9.90 Å². The Morgan fingerprint density at radius 1 is 1.54 bits per heavy atom. The highest BCUT2D eigenvalue weighted by molar-refractivity contribution is 5.73. The molecule has 0 fully saturated rings. The van der Waals surface area contributed by atoms with Crippen LogP contribution in [0.4, 0.5) is 5.69 Å². The molecule has 1 rings (SSSR count). The number of aliphatic carboxylic acids is 1. The second kappa shape index (κ2) is 3.91. The van der Waals surface area contributed by atoms with Gasteiger partial charge in [0.1, 0.15) is 6.04 Å². The lowest BCUT2D eigenvalue weighted by molar-refractivity contribution is -0.138. The number of nitrogen functional groups attached to an aromatic ring is 1. The number of hydrogen-bond acceptors (Lipinski definition) is 3. The minimum Gasteiger partial charge on any atom is -0.480 e. The summed E-state index contributed by atoms with van der Waals surface area (Å²) in [6, 6.07) is 6.19. The van der Waals surface area contributed by atoms with Crippen molar-refractivity contribution in [2.24, 2.45) is 5.73 Å². The summed E-state index contributed by atoms with van der Waals surface area (Å²) >= 11 is 0. The number of anilines is 1. The standard InChI is InChI=1S/C9H12N2O2/c10-7-3-1-2-6(4-7)5-8(11)9(12)13/h1-4,8H,5,10-11H2,(H,12,13)/t8-/m1/s1. The molecule has 13 heavy (non-hydrogen) atoms. The molecule has 0 radical (unpaired) electrons. The molecular formula is C9H12N2O2. The smallest absolute Gasteiger partial charge is 0.320 e. The fourth-order valence-corrected chi connectivity index (χ4v) is 1.06. The summed E-state index contributed by atoms with van der Waals surface area (Å²) in [6.07, 6.45) is 0.306. The van der Waals surface area contributed by atoms with E-state index < -0.39 is 12.0 Å². The number of carboxylic acid groups (broad SMARTS) is 1. The predicted molar refractivity (Wildman–Crippen MR) is 50.2 cm³/mol. The molecule has 0 amide bonds. The molecule has 0 aliphatic heterocycles. The van der Waals surface area contributed by atoms with Gasteiger partial charge in [0.25, 0.3) is 0 Å². The van der Waals surface area contributed by atoms with Crippen LogP contribution in [0.25, 0.3) is 0 Å². The molecule has 70 valence electrons. The first-order valence-corrected chi connectivity index (χ1v) is 3.92. The average Bonchev–Trinajstić information content (AvgIpc) is 2.04. The predicted octanol–water partition coefficient (Wildman–Crippen LogP) is 0.223. The van der Waals surface area contributed by atoms with Gasteiger partial charge in [-0.15, -0.1) is 0 Å². The molecule has 0 spiro atoms. The second-order valence-corrected chi connectivity index (χ2v) is 2.89. The molecule has 0 aliphatic carbocycles. The molecule has 1 aromatic carbocycles. The van der Waals surface area contributed by atoms with E-state index in [0.717, 1.165) is 5.56 Å². The maximum Gasteiger partial charge on any atom is 0.320 e. The summed E-state index contributed by atoms with van der Waals surface area (Å²) < 4.78 is 0. The van der Waals surface area contributed by atoms with Gasteiger partial charge in [-0.2, -0.15) is 0 Å². The van der Waals surface area contributed by atoms with Gasteiger partial charge in [-0.05, 0) is 24.1 Å². The molecule has 0 bridgehead atoms. The van der Waals surface area contributed by atoms with Gasteiger partial charge in [0.05, 0.1) is 0 Å². The monoisotopic (exact) mass is 180 g/mol. The van der Waals surface area contributed by atoms with Crippen LogP contribution in [-0.2, 0) is 11.2 Å². The average molecular weight is 180 g/mol. The van der Waals surface area contributed by atoms with Crippen LogP contribution in [-0.4, -0.2) is 17.1 Å². The van der Waals surface area contributed by atoms with Crippen molar-refractivity contribution in [1.29, 1.82) is 0 Å². The van der Waals surface area contributed by atoms with Crippen molar-refractivity contribution in [3.05, 3.63) is 29.8 Å². The minimum absolute atomic E-state index is 0.306. The molecule has 1 atom stereocenters. The Morgan fingerprint density at radius 3 is 2.77 bits per heavy atom. The Kier molecular flexibility index (Phi) is 2.87. The quantitative estimate of drug-likeness (QED) is 0.580. The van der Waals surface area contributed by atoms with Crippen LogP contribution in [0.2, 0.25) is 0 Å². The largest absolute Gasteiger partial charge is 0.480 e. The Balaban J connectivity index is 2.69. The van der Waals surface area contributed by atoms with Crippen molar-refractivity contribution >= 4 is 11.7 Å². The molecule has 4 nitrogen and oxygen atoms in total. The summed E-state index contributed by atoms with van der Waals surface area (Å²) in [5.74, 6) is -0.998. The van der Waals surface area contributed by atoms with Gasteiger partial charge in [-0.1, -0.05) is 12.1 Å². The van der Waals surface area contributed by atoms with E-state index in [1.165, 1.54) is 0 Å². The molecule has 0 heterocycles. The maximum absolute atomic E-state index is 10.4. The summed E-state index contributed by atoms with van der Waals surface area (Å²) in [6.45, 7) is 0. The van der Waals surface area contributed by atoms with Gasteiger partial charge in [0.15, 0.2) is 0 Å². The third-order valence-corrected chi connectivity index (χ3v) is 1.72. The number of carboxylic acids is 1. The van der Waals surface area contributed by atoms with Crippen LogP contribution in [0, 0.1) is 0 Å². The third-order valence-electron chi connectivity index (χ3n) is 1.72. The van der Waals surface area contributed by atoms with E-state index in [1.54, 1.807) is 24.3 Å². The molecule has 0 aliphatic rings. The number of nitrogens with two attached hydrogens (primary N) is 2. The van der Waals surface area contributed by atoms with Crippen LogP contribution in [0.15, 0.2) is 24.3 Å². The van der Waals surface area contributed by atoms with Gasteiger partial charge in [0.2, 0.25) is 0 Å². The number of hydrogen-bond donors (Lipinski definition) is 3. The molecule has 1 aromatic rings. The van der Waals surface area contributed by atoms with Gasteiger partial charge in [0, 0.05) is 5.69 Å². The van der Waals surface area contributed by atoms with E-state index in [4.69, 9.17) is 16.6 Å². The van der Waals surface area contributed by atoms with Crippen molar-refractivity contribution in [2.75, 3.05) is 5.73 Å². The SMILES string of the molecule is Nc1cccc(C[C@@H](N)C(=O)O)c1. The Hall–Kier alpha value is -1.55. The topological polar surface area (TPSA) is 89.3 Å². The highest BCUT2D eigenvalue weighted by atomic mass is 16.4. The highest BCUT2D eigenvalue weighted by Gasteiger charge is 2.11. The van der Waals surface area contributed by atoms with Crippen LogP contribution < -0.4 is 11.5 Å². The van der Waals surface area contributed by atoms with Crippen molar-refractivity contribution in [1.82, 2.24) is 0 Å². The van der Waals surface area contributed by atoms with Crippen LogP contribution in [0.5, 0.6) is 0 Å². The molecule has 0 saturated carbocycles. The second-order valence-electron chi connectivity index (χ2n) is 2.89. The van der Waals surface area contributed by atoms with Gasteiger partial charge in [-0.25, -0.2) is 0 Å².